The number of benzene rings is 1. The molecule has 13 nitrogen and oxygen atoms in total. The number of carbonyl (C=O) groups is 1. The number of ether oxygens (including phenoxy) is 1. The third kappa shape index (κ3) is 5.60. The Morgan fingerprint density at radius 3 is 2.37 bits per heavy atom. The van der Waals surface area contributed by atoms with Crippen LogP contribution in [-0.2, 0) is 25.9 Å². The van der Waals surface area contributed by atoms with Gasteiger partial charge in [-0.25, -0.2) is 17.8 Å². The lowest BCUT2D eigenvalue weighted by Gasteiger charge is -2.43. The van der Waals surface area contributed by atoms with Crippen molar-refractivity contribution in [3.05, 3.63) is 48.0 Å². The van der Waals surface area contributed by atoms with Gasteiger partial charge in [-0.3, -0.25) is 9.69 Å². The summed E-state index contributed by atoms with van der Waals surface area (Å²) in [6.45, 7) is 1.04. The van der Waals surface area contributed by atoms with E-state index in [9.17, 15) is 33.6 Å². The lowest BCUT2D eigenvalue weighted by molar-refractivity contribution is -0.228. The van der Waals surface area contributed by atoms with E-state index in [1.807, 2.05) is 36.4 Å². The Bertz CT molecular complexity index is 1510. The summed E-state index contributed by atoms with van der Waals surface area (Å²) in [4.78, 5) is 21.2. The minimum absolute atomic E-state index is 0.0321. The highest BCUT2D eigenvalue weighted by Crippen LogP contribution is 2.36. The van der Waals surface area contributed by atoms with E-state index in [-0.39, 0.29) is 29.3 Å². The van der Waals surface area contributed by atoms with Crippen molar-refractivity contribution in [1.82, 2.24) is 19.5 Å². The van der Waals surface area contributed by atoms with Gasteiger partial charge < -0.3 is 25.2 Å². The summed E-state index contributed by atoms with van der Waals surface area (Å²) in [6, 6.07) is 13.2. The quantitative estimate of drug-likeness (QED) is 0.271. The number of rotatable bonds is 7. The number of carbonyl (C=O) groups excluding carboxylic acids is 1. The molecule has 0 spiro atoms. The van der Waals surface area contributed by atoms with Gasteiger partial charge in [0, 0.05) is 31.1 Å². The van der Waals surface area contributed by atoms with Gasteiger partial charge in [-0.2, -0.15) is 4.98 Å². The van der Waals surface area contributed by atoms with Crippen LogP contribution in [0.2, 0.25) is 0 Å². The SMILES string of the molecule is O=C(C1CC1)N(c1nc2cccc(-c3ccc(CN4CCS(=O)(=O)CC4)cc3)n2n1)[C@H]1O[C@@H](CO)[C@@H](O)[C@@H](O)[C@H]1O. The second kappa shape index (κ2) is 11.0. The molecule has 14 heteroatoms. The first-order chi connectivity index (χ1) is 19.6. The molecule has 0 radical (unpaired) electrons. The molecular weight excluding hydrogens is 554 g/mol. The van der Waals surface area contributed by atoms with E-state index in [0.717, 1.165) is 16.0 Å². The molecule has 5 atom stereocenters. The lowest BCUT2D eigenvalue weighted by Crippen LogP contribution is -2.64. The minimum atomic E-state index is -2.94. The molecule has 2 aromatic heterocycles. The average molecular weight is 588 g/mol. The molecule has 3 fully saturated rings. The summed E-state index contributed by atoms with van der Waals surface area (Å²) in [5.41, 5.74) is 3.02. The number of pyridine rings is 1. The molecule has 1 saturated carbocycles. The minimum Gasteiger partial charge on any atom is -0.394 e. The van der Waals surface area contributed by atoms with E-state index in [1.165, 1.54) is 0 Å². The maximum atomic E-state index is 13.4. The summed E-state index contributed by atoms with van der Waals surface area (Å²) in [5.74, 6) is -0.367. The molecule has 1 aliphatic carbocycles. The standard InChI is InChI=1S/C27H33N5O8S/c33-15-20-22(34)23(35)24(36)26(40-20)31(25(37)18-8-9-18)27-28-21-3-1-2-19(32(21)29-27)17-6-4-16(5-7-17)14-30-10-12-41(38,39)13-11-30/h1-7,18,20,22-24,26,33-36H,8-15H2/t20-,22+,23+,24+,26-/m0/s1. The van der Waals surface area contributed by atoms with Crippen molar-refractivity contribution in [2.24, 2.45) is 5.92 Å². The van der Waals surface area contributed by atoms with Crippen LogP contribution in [0.4, 0.5) is 5.95 Å². The van der Waals surface area contributed by atoms with Crippen LogP contribution in [0.15, 0.2) is 42.5 Å². The van der Waals surface area contributed by atoms with Gasteiger partial charge >= 0.3 is 0 Å². The van der Waals surface area contributed by atoms with Gasteiger partial charge in [0.05, 0.1) is 23.8 Å². The van der Waals surface area contributed by atoms with Gasteiger partial charge in [-0.05, 0) is 30.5 Å². The number of nitrogens with zero attached hydrogens (tertiary/aromatic N) is 5. The van der Waals surface area contributed by atoms with Gasteiger partial charge in [-0.15, -0.1) is 5.10 Å². The fourth-order valence-corrected chi connectivity index (χ4v) is 6.60. The molecule has 3 aliphatic rings. The normalized spacial score (nSPS) is 28.5. The Morgan fingerprint density at radius 1 is 1.00 bits per heavy atom. The van der Waals surface area contributed by atoms with Crippen LogP contribution in [0.5, 0.6) is 0 Å². The number of aliphatic hydroxyl groups is 4. The summed E-state index contributed by atoms with van der Waals surface area (Å²) in [7, 11) is -2.94. The number of aliphatic hydroxyl groups excluding tert-OH is 4. The Labute approximate surface area is 236 Å². The number of amides is 1. The van der Waals surface area contributed by atoms with E-state index in [2.05, 4.69) is 15.0 Å². The molecule has 41 heavy (non-hydrogen) atoms. The molecular formula is C27H33N5O8S. The predicted molar refractivity (Wildman–Crippen MR) is 146 cm³/mol. The van der Waals surface area contributed by atoms with Crippen LogP contribution in [0.25, 0.3) is 16.9 Å². The highest BCUT2D eigenvalue weighted by Gasteiger charge is 2.50. The summed E-state index contributed by atoms with van der Waals surface area (Å²) < 4.78 is 30.7. The predicted octanol–water partition coefficient (Wildman–Crippen LogP) is -0.830. The number of hydrogen-bond acceptors (Lipinski definition) is 11. The average Bonchev–Trinajstić information content (AvgIpc) is 3.73. The molecule has 0 bridgehead atoms. The van der Waals surface area contributed by atoms with Crippen molar-refractivity contribution < 1.29 is 38.4 Å². The number of aromatic nitrogens is 3. The first kappa shape index (κ1) is 28.2. The second-order valence-corrected chi connectivity index (χ2v) is 13.2. The van der Waals surface area contributed by atoms with Crippen LogP contribution in [0.1, 0.15) is 18.4 Å². The molecule has 4 heterocycles. The van der Waals surface area contributed by atoms with Crippen molar-refractivity contribution in [2.45, 2.75) is 50.0 Å². The lowest BCUT2D eigenvalue weighted by atomic mass is 9.97. The molecule has 6 rings (SSSR count). The summed E-state index contributed by atoms with van der Waals surface area (Å²) in [6.07, 6.45) is -6.15. The van der Waals surface area contributed by atoms with Gasteiger partial charge in [0.1, 0.15) is 24.4 Å². The van der Waals surface area contributed by atoms with E-state index in [0.29, 0.717) is 43.8 Å². The summed E-state index contributed by atoms with van der Waals surface area (Å²) in [5, 5.41) is 45.7. The van der Waals surface area contributed by atoms with Crippen molar-refractivity contribution >= 4 is 27.3 Å². The maximum absolute atomic E-state index is 13.4. The Kier molecular flexibility index (Phi) is 7.57. The molecule has 2 saturated heterocycles. The molecule has 1 amide bonds. The molecule has 220 valence electrons. The van der Waals surface area contributed by atoms with E-state index < -0.39 is 47.1 Å². The van der Waals surface area contributed by atoms with Gasteiger partial charge in [0.15, 0.2) is 21.7 Å². The molecule has 0 unspecified atom stereocenters. The first-order valence-corrected chi connectivity index (χ1v) is 15.5. The number of sulfone groups is 1. The first-order valence-electron chi connectivity index (χ1n) is 13.7. The second-order valence-electron chi connectivity index (χ2n) is 10.9. The third-order valence-electron chi connectivity index (χ3n) is 7.94. The fraction of sp³-hybridized carbons (Fsp3) is 0.519. The zero-order valence-electron chi connectivity index (χ0n) is 22.2. The summed E-state index contributed by atoms with van der Waals surface area (Å²) >= 11 is 0. The van der Waals surface area contributed by atoms with Crippen molar-refractivity contribution in [3.8, 4) is 11.3 Å². The fourth-order valence-electron chi connectivity index (χ4n) is 5.32. The van der Waals surface area contributed by atoms with Crippen LogP contribution in [0.3, 0.4) is 0 Å². The molecule has 3 aromatic rings. The zero-order chi connectivity index (χ0) is 28.9. The maximum Gasteiger partial charge on any atom is 0.254 e. The van der Waals surface area contributed by atoms with Crippen LogP contribution in [0, 0.1) is 5.92 Å². The highest BCUT2D eigenvalue weighted by atomic mass is 32.2. The monoisotopic (exact) mass is 587 g/mol. The van der Waals surface area contributed by atoms with Crippen molar-refractivity contribution in [2.75, 3.05) is 36.1 Å². The Balaban J connectivity index is 1.29. The smallest absolute Gasteiger partial charge is 0.254 e. The van der Waals surface area contributed by atoms with Crippen LogP contribution < -0.4 is 4.90 Å². The molecule has 2 aliphatic heterocycles. The number of hydrogen-bond donors (Lipinski definition) is 4. The van der Waals surface area contributed by atoms with E-state index in [1.54, 1.807) is 10.6 Å². The Hall–Kier alpha value is -2.98. The van der Waals surface area contributed by atoms with Gasteiger partial charge in [0.2, 0.25) is 5.91 Å². The van der Waals surface area contributed by atoms with Gasteiger partial charge in [-0.1, -0.05) is 30.3 Å². The van der Waals surface area contributed by atoms with E-state index >= 15 is 0 Å². The van der Waals surface area contributed by atoms with Crippen LogP contribution in [-0.4, -0.2) is 116 Å². The zero-order valence-corrected chi connectivity index (χ0v) is 23.0. The van der Waals surface area contributed by atoms with Gasteiger partial charge in [0.25, 0.3) is 5.95 Å². The van der Waals surface area contributed by atoms with Crippen molar-refractivity contribution in [1.29, 1.82) is 0 Å². The number of anilines is 1. The molecule has 4 N–H and O–H groups in total. The Morgan fingerprint density at radius 2 is 1.71 bits per heavy atom. The molecule has 1 aromatic carbocycles. The topological polar surface area (TPSA) is 178 Å². The number of fused-ring (bicyclic) bond motifs is 1. The van der Waals surface area contributed by atoms with Crippen LogP contribution >= 0.6 is 0 Å². The third-order valence-corrected chi connectivity index (χ3v) is 9.55. The van der Waals surface area contributed by atoms with E-state index in [4.69, 9.17) is 4.74 Å². The largest absolute Gasteiger partial charge is 0.394 e. The van der Waals surface area contributed by atoms with Crippen molar-refractivity contribution in [3.63, 3.8) is 0 Å². The highest BCUT2D eigenvalue weighted by molar-refractivity contribution is 7.91.